The molecule has 0 aliphatic heterocycles. The van der Waals surface area contributed by atoms with Gasteiger partial charge in [0.25, 0.3) is 0 Å². The number of fused-ring (bicyclic) bond motifs is 1. The number of para-hydroxylation sites is 1. The van der Waals surface area contributed by atoms with Gasteiger partial charge in [-0.3, -0.25) is 4.79 Å². The first-order chi connectivity index (χ1) is 11.5. The molecule has 0 atom stereocenters. The lowest BCUT2D eigenvalue weighted by Crippen LogP contribution is -2.14. The smallest absolute Gasteiger partial charge is 0.234 e. The lowest BCUT2D eigenvalue weighted by molar-refractivity contribution is -0.113. The molecule has 3 rings (SSSR count). The lowest BCUT2D eigenvalue weighted by atomic mass is 10.2. The second kappa shape index (κ2) is 7.32. The summed E-state index contributed by atoms with van der Waals surface area (Å²) in [5.41, 5.74) is 2.78. The zero-order valence-electron chi connectivity index (χ0n) is 13.3. The Hall–Kier alpha value is -1.92. The Morgan fingerprint density at radius 1 is 1.17 bits per heavy atom. The van der Waals surface area contributed by atoms with E-state index in [0.717, 1.165) is 31.7 Å². The van der Waals surface area contributed by atoms with Gasteiger partial charge < -0.3 is 5.32 Å². The van der Waals surface area contributed by atoms with Crippen LogP contribution in [0.25, 0.3) is 10.9 Å². The number of nitrogens with one attached hydrogen (secondary N) is 1. The Bertz CT molecular complexity index is 914. The summed E-state index contributed by atoms with van der Waals surface area (Å²) in [4.78, 5) is 21.1. The summed E-state index contributed by atoms with van der Waals surface area (Å²) in [7, 11) is 0. The number of aromatic nitrogens is 2. The van der Waals surface area contributed by atoms with Crippen molar-refractivity contribution < 1.29 is 4.79 Å². The monoisotopic (exact) mass is 401 g/mol. The van der Waals surface area contributed by atoms with Crippen LogP contribution in [0.1, 0.15) is 11.4 Å². The Labute approximate surface area is 153 Å². The largest absolute Gasteiger partial charge is 0.325 e. The van der Waals surface area contributed by atoms with Crippen molar-refractivity contribution in [2.45, 2.75) is 18.9 Å². The molecule has 0 aliphatic carbocycles. The van der Waals surface area contributed by atoms with E-state index in [1.165, 1.54) is 11.8 Å². The Kier molecular flexibility index (Phi) is 5.16. The summed E-state index contributed by atoms with van der Waals surface area (Å²) in [5.74, 6) is 0.956. The standard InChI is InChI=1S/C18H16BrN3OS/c1-11-9-13(7-8-15(11)19)22-17(23)10-24-18-14-5-3-4-6-16(14)20-12(2)21-18/h3-9H,10H2,1-2H3,(H,22,23). The van der Waals surface area contributed by atoms with E-state index in [1.54, 1.807) is 0 Å². The van der Waals surface area contributed by atoms with Crippen LogP contribution < -0.4 is 5.32 Å². The first-order valence-corrected chi connectivity index (χ1v) is 9.23. The Morgan fingerprint density at radius 3 is 2.75 bits per heavy atom. The van der Waals surface area contributed by atoms with Gasteiger partial charge in [0.05, 0.1) is 11.3 Å². The van der Waals surface area contributed by atoms with Gasteiger partial charge in [-0.1, -0.05) is 45.9 Å². The van der Waals surface area contributed by atoms with Crippen LogP contribution in [0, 0.1) is 13.8 Å². The van der Waals surface area contributed by atoms with Crippen LogP contribution in [0.5, 0.6) is 0 Å². The van der Waals surface area contributed by atoms with Crippen LogP contribution in [-0.4, -0.2) is 21.6 Å². The number of hydrogen-bond donors (Lipinski definition) is 1. The summed E-state index contributed by atoms with van der Waals surface area (Å²) < 4.78 is 1.03. The van der Waals surface area contributed by atoms with Gasteiger partial charge in [0.15, 0.2) is 0 Å². The van der Waals surface area contributed by atoms with Gasteiger partial charge in [-0.15, -0.1) is 0 Å². The zero-order valence-corrected chi connectivity index (χ0v) is 15.7. The van der Waals surface area contributed by atoms with Crippen LogP contribution in [0.3, 0.4) is 0 Å². The summed E-state index contributed by atoms with van der Waals surface area (Å²) >= 11 is 4.88. The number of benzene rings is 2. The number of halogens is 1. The van der Waals surface area contributed by atoms with Gasteiger partial charge >= 0.3 is 0 Å². The molecule has 1 aromatic heterocycles. The van der Waals surface area contributed by atoms with Crippen molar-refractivity contribution in [1.29, 1.82) is 0 Å². The van der Waals surface area contributed by atoms with Crippen molar-refractivity contribution in [3.63, 3.8) is 0 Å². The third-order valence-corrected chi connectivity index (χ3v) is 5.34. The molecule has 24 heavy (non-hydrogen) atoms. The quantitative estimate of drug-likeness (QED) is 0.506. The maximum Gasteiger partial charge on any atom is 0.234 e. The number of rotatable bonds is 4. The van der Waals surface area contributed by atoms with E-state index in [4.69, 9.17) is 0 Å². The highest BCUT2D eigenvalue weighted by Gasteiger charge is 2.09. The maximum absolute atomic E-state index is 12.2. The van der Waals surface area contributed by atoms with Crippen molar-refractivity contribution in [1.82, 2.24) is 9.97 Å². The van der Waals surface area contributed by atoms with E-state index in [1.807, 2.05) is 56.3 Å². The van der Waals surface area contributed by atoms with Crippen molar-refractivity contribution in [3.05, 3.63) is 58.3 Å². The highest BCUT2D eigenvalue weighted by atomic mass is 79.9. The molecule has 0 fully saturated rings. The molecule has 1 amide bonds. The lowest BCUT2D eigenvalue weighted by Gasteiger charge is -2.08. The molecule has 3 aromatic rings. The molecule has 122 valence electrons. The van der Waals surface area contributed by atoms with Crippen molar-refractivity contribution in [3.8, 4) is 0 Å². The summed E-state index contributed by atoms with van der Waals surface area (Å²) in [6, 6.07) is 13.6. The number of amides is 1. The Balaban J connectivity index is 1.71. The molecule has 0 radical (unpaired) electrons. The summed E-state index contributed by atoms with van der Waals surface area (Å²) in [6.45, 7) is 3.85. The van der Waals surface area contributed by atoms with Gasteiger partial charge in [0.1, 0.15) is 10.9 Å². The summed E-state index contributed by atoms with van der Waals surface area (Å²) in [6.07, 6.45) is 0. The van der Waals surface area contributed by atoms with Crippen LogP contribution in [0.15, 0.2) is 52.0 Å². The van der Waals surface area contributed by atoms with E-state index in [0.29, 0.717) is 11.6 Å². The van der Waals surface area contributed by atoms with Crippen molar-refractivity contribution in [2.75, 3.05) is 11.1 Å². The fourth-order valence-electron chi connectivity index (χ4n) is 2.32. The highest BCUT2D eigenvalue weighted by Crippen LogP contribution is 2.25. The maximum atomic E-state index is 12.2. The third-order valence-electron chi connectivity index (χ3n) is 3.46. The molecule has 0 aliphatic rings. The third kappa shape index (κ3) is 3.94. The van der Waals surface area contributed by atoms with Gasteiger partial charge in [0, 0.05) is 15.5 Å². The van der Waals surface area contributed by atoms with Gasteiger partial charge in [-0.25, -0.2) is 9.97 Å². The average molecular weight is 402 g/mol. The first kappa shape index (κ1) is 16.9. The molecular formula is C18H16BrN3OS. The van der Waals surface area contributed by atoms with E-state index in [9.17, 15) is 4.79 Å². The fourth-order valence-corrected chi connectivity index (χ4v) is 3.43. The van der Waals surface area contributed by atoms with E-state index >= 15 is 0 Å². The van der Waals surface area contributed by atoms with Crippen LogP contribution in [0.2, 0.25) is 0 Å². The molecule has 0 bridgehead atoms. The van der Waals surface area contributed by atoms with Gasteiger partial charge in [-0.05, 0) is 43.7 Å². The number of thioether (sulfide) groups is 1. The number of anilines is 1. The molecule has 0 spiro atoms. The molecule has 0 saturated carbocycles. The SMILES string of the molecule is Cc1nc(SCC(=O)Nc2ccc(Br)c(C)c2)c2ccccc2n1. The average Bonchev–Trinajstić information content (AvgIpc) is 2.56. The van der Waals surface area contributed by atoms with Gasteiger partial charge in [0.2, 0.25) is 5.91 Å². The number of carbonyl (C=O) groups excluding carboxylic acids is 1. The Morgan fingerprint density at radius 2 is 1.96 bits per heavy atom. The number of hydrogen-bond acceptors (Lipinski definition) is 4. The van der Waals surface area contributed by atoms with E-state index in [2.05, 4.69) is 31.2 Å². The number of nitrogens with zero attached hydrogens (tertiary/aromatic N) is 2. The minimum Gasteiger partial charge on any atom is -0.325 e. The first-order valence-electron chi connectivity index (χ1n) is 7.45. The predicted octanol–water partition coefficient (Wildman–Crippen LogP) is 4.74. The minimum atomic E-state index is -0.0536. The van der Waals surface area contributed by atoms with E-state index in [-0.39, 0.29) is 5.91 Å². The molecular weight excluding hydrogens is 386 g/mol. The van der Waals surface area contributed by atoms with Crippen molar-refractivity contribution >= 4 is 50.2 Å². The zero-order chi connectivity index (χ0) is 17.1. The fraction of sp³-hybridized carbons (Fsp3) is 0.167. The predicted molar refractivity (Wildman–Crippen MR) is 103 cm³/mol. The normalized spacial score (nSPS) is 10.8. The molecule has 0 saturated heterocycles. The molecule has 4 nitrogen and oxygen atoms in total. The second-order valence-corrected chi connectivity index (χ2v) is 7.21. The minimum absolute atomic E-state index is 0.0536. The highest BCUT2D eigenvalue weighted by molar-refractivity contribution is 9.10. The molecule has 0 unspecified atom stereocenters. The molecule has 1 N–H and O–H groups in total. The number of aryl methyl sites for hydroxylation is 2. The molecule has 6 heteroatoms. The molecule has 1 heterocycles. The molecule has 2 aromatic carbocycles. The van der Waals surface area contributed by atoms with Crippen LogP contribution in [-0.2, 0) is 4.79 Å². The topological polar surface area (TPSA) is 54.9 Å². The van der Waals surface area contributed by atoms with Gasteiger partial charge in [-0.2, -0.15) is 0 Å². The van der Waals surface area contributed by atoms with E-state index < -0.39 is 0 Å². The second-order valence-electron chi connectivity index (χ2n) is 5.39. The van der Waals surface area contributed by atoms with Crippen molar-refractivity contribution in [2.24, 2.45) is 0 Å². The summed E-state index contributed by atoms with van der Waals surface area (Å²) in [5, 5.41) is 4.73. The van der Waals surface area contributed by atoms with Crippen LogP contribution >= 0.6 is 27.7 Å². The van der Waals surface area contributed by atoms with Crippen LogP contribution in [0.4, 0.5) is 5.69 Å². The number of carbonyl (C=O) groups is 1.